The molecule has 170 valence electrons. The molecule has 1 atom stereocenters. The summed E-state index contributed by atoms with van der Waals surface area (Å²) in [6.07, 6.45) is 1.99. The summed E-state index contributed by atoms with van der Waals surface area (Å²) in [7, 11) is 1.67. The topological polar surface area (TPSA) is 66.2 Å². The molecule has 0 N–H and O–H groups in total. The smallest absolute Gasteiger partial charge is 0.290 e. The van der Waals surface area contributed by atoms with E-state index in [4.69, 9.17) is 9.15 Å². The van der Waals surface area contributed by atoms with Gasteiger partial charge in [0.15, 0.2) is 5.76 Å². The van der Waals surface area contributed by atoms with E-state index in [1.165, 1.54) is 6.26 Å². The zero-order valence-electron chi connectivity index (χ0n) is 18.6. The fourth-order valence-electron chi connectivity index (χ4n) is 4.77. The fourth-order valence-corrected chi connectivity index (χ4v) is 4.77. The van der Waals surface area contributed by atoms with Crippen LogP contribution in [0.15, 0.2) is 71.3 Å². The van der Waals surface area contributed by atoms with Gasteiger partial charge in [-0.05, 0) is 35.4 Å². The maximum Gasteiger partial charge on any atom is 0.290 e. The summed E-state index contributed by atoms with van der Waals surface area (Å²) in [5, 5.41) is 0. The monoisotopic (exact) mass is 445 g/mol. The summed E-state index contributed by atoms with van der Waals surface area (Å²) in [4.78, 5) is 32.7. The number of para-hydroxylation sites is 2. The number of furan rings is 1. The molecule has 2 aromatic carbocycles. The van der Waals surface area contributed by atoms with Crippen molar-refractivity contribution < 1.29 is 18.7 Å². The SMILES string of the molecule is COc1ccccc1N1CCN(C(=O)[C@H]2Cc3ccccc3CN2C(=O)c2ccco2)CC1. The van der Waals surface area contributed by atoms with E-state index in [0.717, 1.165) is 22.6 Å². The van der Waals surface area contributed by atoms with E-state index in [-0.39, 0.29) is 17.6 Å². The second kappa shape index (κ2) is 9.02. The van der Waals surface area contributed by atoms with Crippen molar-refractivity contribution in [2.24, 2.45) is 0 Å². The van der Waals surface area contributed by atoms with E-state index in [0.29, 0.717) is 39.1 Å². The van der Waals surface area contributed by atoms with Crippen LogP contribution >= 0.6 is 0 Å². The van der Waals surface area contributed by atoms with Gasteiger partial charge < -0.3 is 23.9 Å². The Morgan fingerprint density at radius 1 is 0.909 bits per heavy atom. The molecule has 2 aliphatic heterocycles. The normalized spacial score (nSPS) is 18.1. The first-order valence-electron chi connectivity index (χ1n) is 11.2. The van der Waals surface area contributed by atoms with Crippen LogP contribution in [0.5, 0.6) is 5.75 Å². The third kappa shape index (κ3) is 4.06. The van der Waals surface area contributed by atoms with Gasteiger partial charge in [-0.25, -0.2) is 0 Å². The molecule has 0 bridgehead atoms. The maximum absolute atomic E-state index is 13.7. The first-order valence-corrected chi connectivity index (χ1v) is 11.2. The Morgan fingerprint density at radius 3 is 2.36 bits per heavy atom. The highest BCUT2D eigenvalue weighted by Gasteiger charge is 2.38. The third-order valence-corrected chi connectivity index (χ3v) is 6.54. The highest BCUT2D eigenvalue weighted by atomic mass is 16.5. The van der Waals surface area contributed by atoms with Gasteiger partial charge in [0, 0.05) is 39.1 Å². The highest BCUT2D eigenvalue weighted by molar-refractivity contribution is 5.96. The Morgan fingerprint density at radius 2 is 1.64 bits per heavy atom. The molecule has 0 radical (unpaired) electrons. The van der Waals surface area contributed by atoms with Crippen LogP contribution < -0.4 is 9.64 Å². The van der Waals surface area contributed by atoms with Crippen molar-refractivity contribution in [3.8, 4) is 5.75 Å². The summed E-state index contributed by atoms with van der Waals surface area (Å²) >= 11 is 0. The molecule has 33 heavy (non-hydrogen) atoms. The minimum Gasteiger partial charge on any atom is -0.495 e. The van der Waals surface area contributed by atoms with Crippen LogP contribution in [0.2, 0.25) is 0 Å². The van der Waals surface area contributed by atoms with E-state index in [9.17, 15) is 9.59 Å². The Balaban J connectivity index is 1.34. The molecule has 5 rings (SSSR count). The number of hydrogen-bond donors (Lipinski definition) is 0. The zero-order valence-corrected chi connectivity index (χ0v) is 18.6. The highest BCUT2D eigenvalue weighted by Crippen LogP contribution is 2.30. The Kier molecular flexibility index (Phi) is 5.77. The summed E-state index contributed by atoms with van der Waals surface area (Å²) in [6, 6.07) is 18.7. The molecule has 1 fully saturated rings. The summed E-state index contributed by atoms with van der Waals surface area (Å²) in [6.45, 7) is 3.01. The second-order valence-corrected chi connectivity index (χ2v) is 8.38. The van der Waals surface area contributed by atoms with E-state index in [2.05, 4.69) is 4.90 Å². The van der Waals surface area contributed by atoms with Gasteiger partial charge in [-0.3, -0.25) is 9.59 Å². The molecule has 0 aliphatic carbocycles. The molecule has 3 heterocycles. The number of rotatable bonds is 4. The van der Waals surface area contributed by atoms with Crippen LogP contribution in [-0.2, 0) is 17.8 Å². The Labute approximate surface area is 193 Å². The van der Waals surface area contributed by atoms with Crippen molar-refractivity contribution >= 4 is 17.5 Å². The summed E-state index contributed by atoms with van der Waals surface area (Å²) in [5.41, 5.74) is 3.22. The number of hydrogen-bond acceptors (Lipinski definition) is 5. The van der Waals surface area contributed by atoms with Crippen LogP contribution in [0.1, 0.15) is 21.7 Å². The van der Waals surface area contributed by atoms with Crippen LogP contribution in [0, 0.1) is 0 Å². The molecule has 2 amide bonds. The van der Waals surface area contributed by atoms with Gasteiger partial charge in [0.05, 0.1) is 19.1 Å². The number of carbonyl (C=O) groups is 2. The molecule has 0 saturated carbocycles. The average molecular weight is 446 g/mol. The number of piperazine rings is 1. The number of benzene rings is 2. The Bertz CT molecular complexity index is 1140. The molecule has 2 aliphatic rings. The number of ether oxygens (including phenoxy) is 1. The minimum absolute atomic E-state index is 0.0101. The lowest BCUT2D eigenvalue weighted by Crippen LogP contribution is -2.57. The lowest BCUT2D eigenvalue weighted by Gasteiger charge is -2.41. The van der Waals surface area contributed by atoms with Crippen molar-refractivity contribution in [3.63, 3.8) is 0 Å². The van der Waals surface area contributed by atoms with E-state index < -0.39 is 6.04 Å². The van der Waals surface area contributed by atoms with Gasteiger partial charge in [-0.2, -0.15) is 0 Å². The molecule has 7 nitrogen and oxygen atoms in total. The fraction of sp³-hybridized carbons (Fsp3) is 0.308. The number of methoxy groups -OCH3 is 1. The van der Waals surface area contributed by atoms with Gasteiger partial charge in [-0.15, -0.1) is 0 Å². The summed E-state index contributed by atoms with van der Waals surface area (Å²) < 4.78 is 10.9. The first kappa shape index (κ1) is 21.1. The van der Waals surface area contributed by atoms with E-state index in [1.54, 1.807) is 24.1 Å². The lowest BCUT2D eigenvalue weighted by molar-refractivity contribution is -0.137. The van der Waals surface area contributed by atoms with Crippen molar-refractivity contribution in [2.75, 3.05) is 38.2 Å². The van der Waals surface area contributed by atoms with Gasteiger partial charge in [0.1, 0.15) is 11.8 Å². The summed E-state index contributed by atoms with van der Waals surface area (Å²) in [5.74, 6) is 0.828. The largest absolute Gasteiger partial charge is 0.495 e. The molecule has 3 aromatic rings. The molecule has 7 heteroatoms. The van der Waals surface area contributed by atoms with E-state index in [1.807, 2.05) is 53.4 Å². The van der Waals surface area contributed by atoms with Gasteiger partial charge in [-0.1, -0.05) is 36.4 Å². The zero-order chi connectivity index (χ0) is 22.8. The van der Waals surface area contributed by atoms with Crippen LogP contribution in [0.25, 0.3) is 0 Å². The third-order valence-electron chi connectivity index (χ3n) is 6.54. The van der Waals surface area contributed by atoms with Gasteiger partial charge >= 0.3 is 0 Å². The van der Waals surface area contributed by atoms with Crippen molar-refractivity contribution in [2.45, 2.75) is 19.0 Å². The van der Waals surface area contributed by atoms with Crippen LogP contribution in [0.4, 0.5) is 5.69 Å². The first-order chi connectivity index (χ1) is 16.2. The number of amides is 2. The molecular weight excluding hydrogens is 418 g/mol. The average Bonchev–Trinajstić information content (AvgIpc) is 3.42. The number of nitrogens with zero attached hydrogens (tertiary/aromatic N) is 3. The van der Waals surface area contributed by atoms with Crippen LogP contribution in [-0.4, -0.2) is 60.9 Å². The van der Waals surface area contributed by atoms with Gasteiger partial charge in [0.25, 0.3) is 5.91 Å². The predicted molar refractivity (Wildman–Crippen MR) is 124 cm³/mol. The predicted octanol–water partition coefficient (Wildman–Crippen LogP) is 3.20. The maximum atomic E-state index is 13.7. The van der Waals surface area contributed by atoms with Crippen molar-refractivity contribution in [1.29, 1.82) is 0 Å². The molecular formula is C26H27N3O4. The molecule has 0 spiro atoms. The quantitative estimate of drug-likeness (QED) is 0.617. The van der Waals surface area contributed by atoms with Crippen LogP contribution in [0.3, 0.4) is 0 Å². The molecule has 1 saturated heterocycles. The minimum atomic E-state index is -0.546. The Hall–Kier alpha value is -3.74. The van der Waals surface area contributed by atoms with Crippen molar-refractivity contribution in [3.05, 3.63) is 83.8 Å². The molecule has 0 unspecified atom stereocenters. The number of carbonyl (C=O) groups excluding carboxylic acids is 2. The number of fused-ring (bicyclic) bond motifs is 1. The standard InChI is InChI=1S/C26H27N3O4/c1-32-23-10-5-4-9-21(23)27-12-14-28(15-13-27)25(30)22-17-19-7-2-3-8-20(19)18-29(22)26(31)24-11-6-16-33-24/h2-11,16,22H,12-15,17-18H2,1H3/t22-/m1/s1. The van der Waals surface area contributed by atoms with Crippen molar-refractivity contribution in [1.82, 2.24) is 9.80 Å². The molecule has 1 aromatic heterocycles. The second-order valence-electron chi connectivity index (χ2n) is 8.38. The van der Waals surface area contributed by atoms with Gasteiger partial charge in [0.2, 0.25) is 5.91 Å². The van der Waals surface area contributed by atoms with E-state index >= 15 is 0 Å². The number of anilines is 1. The lowest BCUT2D eigenvalue weighted by atomic mass is 9.92.